The van der Waals surface area contributed by atoms with Crippen molar-refractivity contribution in [3.05, 3.63) is 53.8 Å². The van der Waals surface area contributed by atoms with Crippen LogP contribution in [0.25, 0.3) is 0 Å². The number of ether oxygens (including phenoxy) is 1. The number of nitrogens with one attached hydrogen (secondary N) is 1. The highest BCUT2D eigenvalue weighted by molar-refractivity contribution is 6.04. The summed E-state index contributed by atoms with van der Waals surface area (Å²) in [4.78, 5) is 16.3. The average Bonchev–Trinajstić information content (AvgIpc) is 2.61. The molecule has 1 heterocycles. The minimum Gasteiger partial charge on any atom is -0.375 e. The van der Waals surface area contributed by atoms with E-state index < -0.39 is 5.82 Å². The zero-order valence-corrected chi connectivity index (χ0v) is 16.2. The van der Waals surface area contributed by atoms with Crippen LogP contribution in [0.15, 0.2) is 42.5 Å². The van der Waals surface area contributed by atoms with E-state index in [2.05, 4.69) is 24.1 Å². The fourth-order valence-electron chi connectivity index (χ4n) is 3.36. The van der Waals surface area contributed by atoms with Gasteiger partial charge in [0.05, 0.1) is 17.9 Å². The lowest BCUT2D eigenvalue weighted by molar-refractivity contribution is -0.00521. The molecule has 1 saturated heterocycles. The number of nitrogens with zero attached hydrogens (tertiary/aromatic N) is 2. The van der Waals surface area contributed by atoms with Gasteiger partial charge in [0.15, 0.2) is 0 Å². The van der Waals surface area contributed by atoms with Crippen LogP contribution >= 0.6 is 0 Å². The summed E-state index contributed by atoms with van der Waals surface area (Å²) in [7, 11) is 3.52. The second kappa shape index (κ2) is 7.96. The largest absolute Gasteiger partial charge is 0.375 e. The smallest absolute Gasteiger partial charge is 0.255 e. The Morgan fingerprint density at radius 3 is 2.30 bits per heavy atom. The number of morpholine rings is 1. The molecule has 6 heteroatoms. The molecule has 1 aliphatic heterocycles. The van der Waals surface area contributed by atoms with Crippen LogP contribution in [-0.2, 0) is 4.74 Å². The standard InChI is InChI=1S/C21H26FN3O2/c1-14-12-25(13-15(2)27-14)18-8-6-17(7-9-18)23-21(26)16-5-10-20(24(3)4)19(22)11-16/h5-11,14-15H,12-13H2,1-4H3,(H,23,26). The summed E-state index contributed by atoms with van der Waals surface area (Å²) in [6, 6.07) is 12.2. The van der Waals surface area contributed by atoms with Crippen LogP contribution < -0.4 is 15.1 Å². The number of carbonyl (C=O) groups excluding carboxylic acids is 1. The Balaban J connectivity index is 1.67. The molecule has 5 nitrogen and oxygen atoms in total. The third-order valence-electron chi connectivity index (χ3n) is 4.60. The monoisotopic (exact) mass is 371 g/mol. The molecule has 2 atom stereocenters. The van der Waals surface area contributed by atoms with E-state index in [9.17, 15) is 9.18 Å². The maximum atomic E-state index is 14.1. The van der Waals surface area contributed by atoms with Gasteiger partial charge >= 0.3 is 0 Å². The first kappa shape index (κ1) is 19.2. The van der Waals surface area contributed by atoms with Gasteiger partial charge in [0.2, 0.25) is 0 Å². The van der Waals surface area contributed by atoms with Crippen molar-refractivity contribution in [2.24, 2.45) is 0 Å². The first-order valence-electron chi connectivity index (χ1n) is 9.12. The molecule has 3 rings (SSSR count). The van der Waals surface area contributed by atoms with Crippen LogP contribution in [0, 0.1) is 5.82 Å². The van der Waals surface area contributed by atoms with Crippen LogP contribution in [0.4, 0.5) is 21.5 Å². The quantitative estimate of drug-likeness (QED) is 0.889. The Hall–Kier alpha value is -2.60. The topological polar surface area (TPSA) is 44.8 Å². The van der Waals surface area contributed by atoms with Crippen LogP contribution in [0.3, 0.4) is 0 Å². The number of carbonyl (C=O) groups is 1. The van der Waals surface area contributed by atoms with Crippen molar-refractivity contribution in [1.82, 2.24) is 0 Å². The van der Waals surface area contributed by atoms with E-state index in [1.807, 2.05) is 24.3 Å². The number of amides is 1. The predicted octanol–water partition coefficient (Wildman–Crippen LogP) is 3.76. The molecule has 2 aromatic rings. The van der Waals surface area contributed by atoms with E-state index in [4.69, 9.17) is 4.74 Å². The summed E-state index contributed by atoms with van der Waals surface area (Å²) in [5.74, 6) is -0.751. The maximum Gasteiger partial charge on any atom is 0.255 e. The molecule has 0 bridgehead atoms. The summed E-state index contributed by atoms with van der Waals surface area (Å²) in [6.07, 6.45) is 0.376. The fourth-order valence-corrected chi connectivity index (χ4v) is 3.36. The number of halogens is 1. The number of hydrogen-bond donors (Lipinski definition) is 1. The van der Waals surface area contributed by atoms with Crippen molar-refractivity contribution in [1.29, 1.82) is 0 Å². The van der Waals surface area contributed by atoms with E-state index in [0.29, 0.717) is 11.4 Å². The minimum atomic E-state index is -0.418. The molecule has 1 aliphatic rings. The minimum absolute atomic E-state index is 0.188. The zero-order valence-electron chi connectivity index (χ0n) is 16.2. The molecule has 0 aromatic heterocycles. The molecule has 0 saturated carbocycles. The van der Waals surface area contributed by atoms with Crippen molar-refractivity contribution < 1.29 is 13.9 Å². The SMILES string of the molecule is CC1CN(c2ccc(NC(=O)c3ccc(N(C)C)c(F)c3)cc2)CC(C)O1. The molecule has 144 valence electrons. The first-order valence-corrected chi connectivity index (χ1v) is 9.12. The van der Waals surface area contributed by atoms with E-state index in [1.54, 1.807) is 31.1 Å². The molecule has 2 unspecified atom stereocenters. The average molecular weight is 371 g/mol. The maximum absolute atomic E-state index is 14.1. The number of hydrogen-bond acceptors (Lipinski definition) is 4. The van der Waals surface area contributed by atoms with Gasteiger partial charge in [-0.25, -0.2) is 4.39 Å². The Kier molecular flexibility index (Phi) is 5.65. The lowest BCUT2D eigenvalue weighted by Gasteiger charge is -2.36. The van der Waals surface area contributed by atoms with Crippen molar-refractivity contribution in [3.63, 3.8) is 0 Å². The van der Waals surface area contributed by atoms with Crippen molar-refractivity contribution in [2.75, 3.05) is 42.3 Å². The van der Waals surface area contributed by atoms with Gasteiger partial charge in [0.25, 0.3) is 5.91 Å². The van der Waals surface area contributed by atoms with Gasteiger partial charge in [-0.05, 0) is 56.3 Å². The van der Waals surface area contributed by atoms with Gasteiger partial charge in [0.1, 0.15) is 5.82 Å². The second-order valence-electron chi connectivity index (χ2n) is 7.22. The van der Waals surface area contributed by atoms with E-state index in [0.717, 1.165) is 18.8 Å². The van der Waals surface area contributed by atoms with Crippen molar-refractivity contribution in [3.8, 4) is 0 Å². The first-order chi connectivity index (χ1) is 12.8. The third-order valence-corrected chi connectivity index (χ3v) is 4.60. The molecule has 0 aliphatic carbocycles. The molecule has 0 spiro atoms. The van der Waals surface area contributed by atoms with E-state index >= 15 is 0 Å². The van der Waals surface area contributed by atoms with Gasteiger partial charge in [-0.1, -0.05) is 0 Å². The molecule has 1 fully saturated rings. The summed E-state index contributed by atoms with van der Waals surface area (Å²) in [5.41, 5.74) is 2.51. The van der Waals surface area contributed by atoms with E-state index in [-0.39, 0.29) is 23.7 Å². The van der Waals surface area contributed by atoms with Crippen LogP contribution in [0.2, 0.25) is 0 Å². The van der Waals surface area contributed by atoms with Crippen molar-refractivity contribution in [2.45, 2.75) is 26.1 Å². The second-order valence-corrected chi connectivity index (χ2v) is 7.22. The highest BCUT2D eigenvalue weighted by atomic mass is 19.1. The number of anilines is 3. The molecular weight excluding hydrogens is 345 g/mol. The molecule has 2 aromatic carbocycles. The summed E-state index contributed by atoms with van der Waals surface area (Å²) in [6.45, 7) is 5.82. The third kappa shape index (κ3) is 4.57. The molecule has 0 radical (unpaired) electrons. The van der Waals surface area contributed by atoms with Gasteiger partial charge in [-0.15, -0.1) is 0 Å². The Morgan fingerprint density at radius 1 is 1.11 bits per heavy atom. The summed E-state index contributed by atoms with van der Waals surface area (Å²) >= 11 is 0. The van der Waals surface area contributed by atoms with Gasteiger partial charge < -0.3 is 19.9 Å². The van der Waals surface area contributed by atoms with Crippen LogP contribution in [0.5, 0.6) is 0 Å². The van der Waals surface area contributed by atoms with Gasteiger partial charge in [0, 0.05) is 44.1 Å². The zero-order chi connectivity index (χ0) is 19.6. The predicted molar refractivity (Wildman–Crippen MR) is 107 cm³/mol. The molecule has 1 amide bonds. The highest BCUT2D eigenvalue weighted by Gasteiger charge is 2.22. The van der Waals surface area contributed by atoms with Crippen LogP contribution in [0.1, 0.15) is 24.2 Å². The van der Waals surface area contributed by atoms with Gasteiger partial charge in [-0.2, -0.15) is 0 Å². The highest BCUT2D eigenvalue weighted by Crippen LogP contribution is 2.23. The summed E-state index contributed by atoms with van der Waals surface area (Å²) < 4.78 is 19.8. The lowest BCUT2D eigenvalue weighted by atomic mass is 10.1. The normalized spacial score (nSPS) is 19.7. The van der Waals surface area contributed by atoms with Crippen molar-refractivity contribution >= 4 is 23.0 Å². The fraction of sp³-hybridized carbons (Fsp3) is 0.381. The van der Waals surface area contributed by atoms with Gasteiger partial charge in [-0.3, -0.25) is 4.79 Å². The molecular formula is C21H26FN3O2. The summed E-state index contributed by atoms with van der Waals surface area (Å²) in [5, 5.41) is 2.82. The lowest BCUT2D eigenvalue weighted by Crippen LogP contribution is -2.45. The molecule has 27 heavy (non-hydrogen) atoms. The number of benzene rings is 2. The van der Waals surface area contributed by atoms with E-state index in [1.165, 1.54) is 6.07 Å². The Morgan fingerprint density at radius 2 is 1.74 bits per heavy atom. The molecule has 1 N–H and O–H groups in total. The Bertz CT molecular complexity index is 798. The van der Waals surface area contributed by atoms with Crippen LogP contribution in [-0.4, -0.2) is 45.3 Å². The number of rotatable bonds is 4. The Labute approximate surface area is 159 Å².